The summed E-state index contributed by atoms with van der Waals surface area (Å²) < 4.78 is 46.2. The first-order chi connectivity index (χ1) is 13.2. The second kappa shape index (κ2) is 7.94. The van der Waals surface area contributed by atoms with E-state index in [2.05, 4.69) is 19.9 Å². The Balaban J connectivity index is 2.16. The van der Waals surface area contributed by atoms with Crippen LogP contribution in [0.2, 0.25) is 0 Å². The van der Waals surface area contributed by atoms with E-state index in [0.29, 0.717) is 34.2 Å². The van der Waals surface area contributed by atoms with Crippen molar-refractivity contribution in [3.8, 4) is 0 Å². The lowest BCUT2D eigenvalue weighted by Gasteiger charge is -2.11. The van der Waals surface area contributed by atoms with Gasteiger partial charge in [0.1, 0.15) is 5.03 Å². The van der Waals surface area contributed by atoms with E-state index in [0.717, 1.165) is 4.40 Å². The van der Waals surface area contributed by atoms with Gasteiger partial charge in [0, 0.05) is 12.2 Å². The van der Waals surface area contributed by atoms with E-state index in [4.69, 9.17) is 0 Å². The zero-order chi connectivity index (χ0) is 20.5. The average Bonchev–Trinajstić information content (AvgIpc) is 3.10. The first-order valence-electron chi connectivity index (χ1n) is 8.65. The zero-order valence-electron chi connectivity index (χ0n) is 15.6. The van der Waals surface area contributed by atoms with Crippen molar-refractivity contribution in [1.29, 1.82) is 0 Å². The molecule has 2 aromatic heterocycles. The lowest BCUT2D eigenvalue weighted by atomic mass is 10.1. The van der Waals surface area contributed by atoms with Crippen LogP contribution in [0, 0.1) is 5.92 Å². The molecule has 0 bridgehead atoms. The molecule has 0 aliphatic carbocycles. The van der Waals surface area contributed by atoms with Gasteiger partial charge in [0.25, 0.3) is 0 Å². The number of carbonyl (C=O) groups is 1. The predicted molar refractivity (Wildman–Crippen MR) is 99.2 cm³/mol. The minimum absolute atomic E-state index is 0.0793. The van der Waals surface area contributed by atoms with Crippen molar-refractivity contribution < 1.29 is 22.7 Å². The molecule has 0 spiro atoms. The quantitative estimate of drug-likeness (QED) is 0.448. The molecule has 1 aromatic carbocycles. The highest BCUT2D eigenvalue weighted by atomic mass is 32.2. The summed E-state index contributed by atoms with van der Waals surface area (Å²) in [6.45, 7) is 4.04. The van der Waals surface area contributed by atoms with E-state index in [1.54, 1.807) is 18.2 Å². The van der Waals surface area contributed by atoms with Crippen LogP contribution in [0.15, 0.2) is 23.2 Å². The van der Waals surface area contributed by atoms with Crippen molar-refractivity contribution in [3.63, 3.8) is 0 Å². The summed E-state index contributed by atoms with van der Waals surface area (Å²) in [5, 5.41) is 7.56. The number of fused-ring (bicyclic) bond motifs is 3. The number of aromatic nitrogens is 4. The van der Waals surface area contributed by atoms with Crippen LogP contribution in [0.4, 0.5) is 13.2 Å². The molecule has 0 unspecified atom stereocenters. The van der Waals surface area contributed by atoms with E-state index in [1.165, 1.54) is 18.9 Å². The second-order valence-electron chi connectivity index (χ2n) is 6.70. The van der Waals surface area contributed by atoms with Crippen LogP contribution in [-0.2, 0) is 22.1 Å². The first kappa shape index (κ1) is 20.4. The van der Waals surface area contributed by atoms with Crippen molar-refractivity contribution in [1.82, 2.24) is 19.6 Å². The van der Waals surface area contributed by atoms with Gasteiger partial charge in [0.15, 0.2) is 5.65 Å². The molecule has 3 aromatic rings. The first-order valence-corrected chi connectivity index (χ1v) is 9.64. The molecule has 0 N–H and O–H groups in total. The smallest absolute Gasteiger partial charge is 0.452 e. The summed E-state index contributed by atoms with van der Waals surface area (Å²) in [6.07, 6.45) is -4.18. The maximum atomic E-state index is 13.5. The lowest BCUT2D eigenvalue weighted by molar-refractivity contribution is -0.145. The summed E-state index contributed by atoms with van der Waals surface area (Å²) in [5.74, 6) is -0.441. The third-order valence-electron chi connectivity index (χ3n) is 4.01. The van der Waals surface area contributed by atoms with Gasteiger partial charge in [-0.1, -0.05) is 19.9 Å². The van der Waals surface area contributed by atoms with Gasteiger partial charge >= 0.3 is 12.1 Å². The molecule has 10 heteroatoms. The molecule has 0 saturated carbocycles. The Morgan fingerprint density at radius 3 is 2.68 bits per heavy atom. The highest BCUT2D eigenvalue weighted by Gasteiger charge is 2.38. The highest BCUT2D eigenvalue weighted by molar-refractivity contribution is 7.99. The number of benzene rings is 1. The number of esters is 1. The van der Waals surface area contributed by atoms with Gasteiger partial charge in [-0.15, -0.1) is 22.0 Å². The molecule has 0 aliphatic rings. The van der Waals surface area contributed by atoms with E-state index in [9.17, 15) is 18.0 Å². The average molecular weight is 412 g/mol. The lowest BCUT2D eigenvalue weighted by Crippen LogP contribution is -2.12. The largest absolute Gasteiger partial charge is 0.469 e. The normalized spacial score (nSPS) is 12.2. The number of carbonyl (C=O) groups excluding carboxylic acids is 1. The Morgan fingerprint density at radius 1 is 1.29 bits per heavy atom. The minimum Gasteiger partial charge on any atom is -0.469 e. The Bertz CT molecular complexity index is 1020. The van der Waals surface area contributed by atoms with Crippen LogP contribution >= 0.6 is 11.8 Å². The monoisotopic (exact) mass is 412 g/mol. The number of ether oxygens (including phenoxy) is 1. The van der Waals surface area contributed by atoms with Crippen molar-refractivity contribution in [3.05, 3.63) is 29.6 Å². The molecule has 150 valence electrons. The fourth-order valence-electron chi connectivity index (χ4n) is 2.68. The summed E-state index contributed by atoms with van der Waals surface area (Å²) in [6, 6.07) is 4.99. The van der Waals surface area contributed by atoms with Crippen LogP contribution < -0.4 is 0 Å². The molecule has 0 atom stereocenters. The van der Waals surface area contributed by atoms with Gasteiger partial charge in [-0.3, -0.25) is 9.20 Å². The van der Waals surface area contributed by atoms with Crippen molar-refractivity contribution in [2.75, 3.05) is 12.9 Å². The number of hydrogen-bond acceptors (Lipinski definition) is 6. The molecule has 2 heterocycles. The summed E-state index contributed by atoms with van der Waals surface area (Å²) >= 11 is 1.36. The molecule has 28 heavy (non-hydrogen) atoms. The SMILES string of the molecule is COC(=O)CCc1ccc2nc(SCC(C)C)c3nnc(C(F)(F)F)n3c2c1. The van der Waals surface area contributed by atoms with Crippen LogP contribution in [0.1, 0.15) is 31.7 Å². The third kappa shape index (κ3) is 4.21. The zero-order valence-corrected chi connectivity index (χ0v) is 16.4. The van der Waals surface area contributed by atoms with Crippen LogP contribution in [0.3, 0.4) is 0 Å². The summed E-state index contributed by atoms with van der Waals surface area (Å²) in [7, 11) is 1.29. The maximum absolute atomic E-state index is 13.5. The standard InChI is InChI=1S/C18H19F3N4O2S/c1-10(2)9-28-16-15-23-24-17(18(19,20)21)25(15)13-8-11(4-6-12(13)22-16)5-7-14(26)27-3/h4,6,8,10H,5,7,9H2,1-3H3. The van der Waals surface area contributed by atoms with Gasteiger partial charge in [-0.05, 0) is 30.0 Å². The summed E-state index contributed by atoms with van der Waals surface area (Å²) in [4.78, 5) is 15.9. The molecular weight excluding hydrogens is 393 g/mol. The molecule has 0 amide bonds. The Kier molecular flexibility index (Phi) is 5.78. The number of aryl methyl sites for hydroxylation is 1. The predicted octanol–water partition coefficient (Wildman–Crippen LogP) is 4.15. The molecule has 0 aliphatic heterocycles. The summed E-state index contributed by atoms with van der Waals surface area (Å²) in [5.41, 5.74) is 1.44. The number of rotatable bonds is 6. The molecule has 0 saturated heterocycles. The second-order valence-corrected chi connectivity index (χ2v) is 7.71. The molecule has 0 fully saturated rings. The Morgan fingerprint density at radius 2 is 2.04 bits per heavy atom. The molecular formula is C18H19F3N4O2S. The minimum atomic E-state index is -4.66. The van der Waals surface area contributed by atoms with E-state index < -0.39 is 12.0 Å². The fourth-order valence-corrected chi connectivity index (χ4v) is 3.60. The van der Waals surface area contributed by atoms with Crippen LogP contribution in [0.25, 0.3) is 16.7 Å². The van der Waals surface area contributed by atoms with Gasteiger partial charge < -0.3 is 4.74 Å². The number of hydrogen-bond donors (Lipinski definition) is 0. The maximum Gasteiger partial charge on any atom is 0.452 e. The Hall–Kier alpha value is -2.36. The molecule has 3 rings (SSSR count). The van der Waals surface area contributed by atoms with E-state index in [-0.39, 0.29) is 23.6 Å². The Labute approximate surface area is 163 Å². The van der Waals surface area contributed by atoms with Crippen LogP contribution in [0.5, 0.6) is 0 Å². The van der Waals surface area contributed by atoms with Crippen molar-refractivity contribution in [2.45, 2.75) is 37.9 Å². The molecule has 6 nitrogen and oxygen atoms in total. The van der Waals surface area contributed by atoms with Crippen molar-refractivity contribution >= 4 is 34.4 Å². The van der Waals surface area contributed by atoms with E-state index in [1.807, 2.05) is 13.8 Å². The van der Waals surface area contributed by atoms with Crippen LogP contribution in [-0.4, -0.2) is 38.4 Å². The van der Waals surface area contributed by atoms with Crippen molar-refractivity contribution in [2.24, 2.45) is 5.92 Å². The number of halogens is 3. The van der Waals surface area contributed by atoms with Gasteiger partial charge in [-0.2, -0.15) is 13.2 Å². The fraction of sp³-hybridized carbons (Fsp3) is 0.444. The third-order valence-corrected chi connectivity index (χ3v) is 5.39. The number of nitrogens with zero attached hydrogens (tertiary/aromatic N) is 4. The highest BCUT2D eigenvalue weighted by Crippen LogP contribution is 2.33. The number of alkyl halides is 3. The van der Waals surface area contributed by atoms with Gasteiger partial charge in [0.05, 0.1) is 18.1 Å². The van der Waals surface area contributed by atoms with E-state index >= 15 is 0 Å². The van der Waals surface area contributed by atoms with Gasteiger partial charge in [0.2, 0.25) is 5.82 Å². The number of thioether (sulfide) groups is 1. The van der Waals surface area contributed by atoms with Gasteiger partial charge in [-0.25, -0.2) is 4.98 Å². The molecule has 0 radical (unpaired) electrons. The topological polar surface area (TPSA) is 69.4 Å². The number of methoxy groups -OCH3 is 1.